The zero-order valence-electron chi connectivity index (χ0n) is 16.3. The quantitative estimate of drug-likeness (QED) is 0.838. The predicted molar refractivity (Wildman–Crippen MR) is 104 cm³/mol. The van der Waals surface area contributed by atoms with E-state index in [0.717, 1.165) is 6.07 Å². The van der Waals surface area contributed by atoms with Crippen LogP contribution in [0.5, 0.6) is 5.75 Å². The van der Waals surface area contributed by atoms with Crippen LogP contribution < -0.4 is 15.6 Å². The summed E-state index contributed by atoms with van der Waals surface area (Å²) in [5.41, 5.74) is -0.0414. The number of anilines is 1. The molecule has 2 N–H and O–H groups in total. The number of aromatic amines is 1. The van der Waals surface area contributed by atoms with Crippen molar-refractivity contribution in [1.82, 2.24) is 4.98 Å². The van der Waals surface area contributed by atoms with Crippen molar-refractivity contribution in [3.63, 3.8) is 0 Å². The molecule has 1 amide bonds. The fourth-order valence-electron chi connectivity index (χ4n) is 3.34. The van der Waals surface area contributed by atoms with E-state index < -0.39 is 17.3 Å². The molecule has 0 spiro atoms. The van der Waals surface area contributed by atoms with E-state index in [1.807, 2.05) is 13.8 Å². The van der Waals surface area contributed by atoms with Crippen LogP contribution in [-0.2, 0) is 6.42 Å². The molecular formula is C21H23FN2O4. The van der Waals surface area contributed by atoms with E-state index in [2.05, 4.69) is 10.3 Å². The van der Waals surface area contributed by atoms with Crippen LogP contribution in [0.15, 0.2) is 29.1 Å². The Morgan fingerprint density at radius 3 is 2.61 bits per heavy atom. The van der Waals surface area contributed by atoms with E-state index in [1.54, 1.807) is 13.8 Å². The van der Waals surface area contributed by atoms with Crippen molar-refractivity contribution >= 4 is 17.4 Å². The molecule has 3 rings (SSSR count). The largest absolute Gasteiger partial charge is 0.489 e. The van der Waals surface area contributed by atoms with Gasteiger partial charge in [-0.2, -0.15) is 0 Å². The van der Waals surface area contributed by atoms with Gasteiger partial charge in [-0.05, 0) is 43.9 Å². The number of carbonyl (C=O) groups is 2. The topological polar surface area (TPSA) is 88.3 Å². The van der Waals surface area contributed by atoms with Gasteiger partial charge in [-0.3, -0.25) is 14.4 Å². The molecule has 0 radical (unpaired) electrons. The Hall–Kier alpha value is -2.96. The number of rotatable bonds is 4. The van der Waals surface area contributed by atoms with Crippen molar-refractivity contribution in [3.05, 3.63) is 57.3 Å². The van der Waals surface area contributed by atoms with Crippen LogP contribution in [0.25, 0.3) is 0 Å². The second kappa shape index (κ2) is 7.22. The lowest BCUT2D eigenvalue weighted by Crippen LogP contribution is -2.32. The molecular weight excluding hydrogens is 363 g/mol. The fourth-order valence-corrected chi connectivity index (χ4v) is 3.34. The van der Waals surface area contributed by atoms with E-state index in [-0.39, 0.29) is 34.3 Å². The summed E-state index contributed by atoms with van der Waals surface area (Å²) in [6.07, 6.45) is 0.694. The molecule has 0 unspecified atom stereocenters. The number of ether oxygens (including phenoxy) is 1. The van der Waals surface area contributed by atoms with E-state index >= 15 is 0 Å². The molecule has 1 aromatic carbocycles. The summed E-state index contributed by atoms with van der Waals surface area (Å²) < 4.78 is 19.2. The van der Waals surface area contributed by atoms with Gasteiger partial charge in [0.15, 0.2) is 5.78 Å². The molecule has 1 heterocycles. The van der Waals surface area contributed by atoms with Gasteiger partial charge in [0.05, 0.1) is 11.8 Å². The number of fused-ring (bicyclic) bond motifs is 1. The maximum atomic E-state index is 13.6. The highest BCUT2D eigenvalue weighted by molar-refractivity contribution is 6.07. The van der Waals surface area contributed by atoms with Gasteiger partial charge < -0.3 is 15.0 Å². The average molecular weight is 386 g/mol. The highest BCUT2D eigenvalue weighted by Crippen LogP contribution is 2.33. The summed E-state index contributed by atoms with van der Waals surface area (Å²) in [5.74, 6) is -1.12. The second-order valence-corrected chi connectivity index (χ2v) is 8.11. The van der Waals surface area contributed by atoms with Crippen molar-refractivity contribution in [3.8, 4) is 5.75 Å². The minimum Gasteiger partial charge on any atom is -0.489 e. The third-order valence-corrected chi connectivity index (χ3v) is 4.51. The number of Topliss-reactive ketones (excluding diaryl/α,β-unsaturated/α-hetero) is 1. The number of ketones is 1. The van der Waals surface area contributed by atoms with Gasteiger partial charge in [0.2, 0.25) is 0 Å². The van der Waals surface area contributed by atoms with Gasteiger partial charge in [0.1, 0.15) is 17.1 Å². The highest BCUT2D eigenvalue weighted by atomic mass is 19.1. The molecule has 2 aromatic rings. The lowest BCUT2D eigenvalue weighted by molar-refractivity contribution is 0.0910. The van der Waals surface area contributed by atoms with Crippen molar-refractivity contribution in [2.75, 3.05) is 5.32 Å². The van der Waals surface area contributed by atoms with E-state index in [1.165, 1.54) is 18.2 Å². The summed E-state index contributed by atoms with van der Waals surface area (Å²) in [5, 5.41) is 2.52. The monoisotopic (exact) mass is 386 g/mol. The standard InChI is InChI=1S/C21H23FN2O4/c1-11(2)28-18-6-5-12(22)7-15(18)23-19(26)14-8-13-16(24-20(14)27)9-21(3,4)10-17(13)25/h5-8,11H,9-10H2,1-4H3,(H,23,26)(H,24,27). The van der Waals surface area contributed by atoms with Crippen LogP contribution in [-0.4, -0.2) is 22.8 Å². The van der Waals surface area contributed by atoms with Crippen molar-refractivity contribution in [1.29, 1.82) is 0 Å². The Labute approximate surface area is 162 Å². The van der Waals surface area contributed by atoms with Crippen LogP contribution in [0, 0.1) is 11.2 Å². The molecule has 1 aliphatic rings. The molecule has 0 fully saturated rings. The Morgan fingerprint density at radius 1 is 1.21 bits per heavy atom. The minimum absolute atomic E-state index is 0.114. The Balaban J connectivity index is 1.95. The number of amides is 1. The van der Waals surface area contributed by atoms with Crippen molar-refractivity contribution < 1.29 is 18.7 Å². The average Bonchev–Trinajstić information content (AvgIpc) is 2.55. The number of nitrogens with one attached hydrogen (secondary N) is 2. The van der Waals surface area contributed by atoms with Crippen LogP contribution in [0.4, 0.5) is 10.1 Å². The fraction of sp³-hybridized carbons (Fsp3) is 0.381. The smallest absolute Gasteiger partial charge is 0.261 e. The van der Waals surface area contributed by atoms with Gasteiger partial charge in [-0.1, -0.05) is 13.8 Å². The summed E-state index contributed by atoms with van der Waals surface area (Å²) >= 11 is 0. The molecule has 28 heavy (non-hydrogen) atoms. The Bertz CT molecular complexity index is 1010. The molecule has 1 aliphatic carbocycles. The summed E-state index contributed by atoms with van der Waals surface area (Å²) in [4.78, 5) is 40.2. The number of aromatic nitrogens is 1. The number of hydrogen-bond acceptors (Lipinski definition) is 4. The van der Waals surface area contributed by atoms with Gasteiger partial charge in [0, 0.05) is 23.7 Å². The maximum Gasteiger partial charge on any atom is 0.261 e. The first-order chi connectivity index (χ1) is 13.1. The van der Waals surface area contributed by atoms with Crippen LogP contribution in [0.1, 0.15) is 60.5 Å². The lowest BCUT2D eigenvalue weighted by atomic mass is 9.75. The highest BCUT2D eigenvalue weighted by Gasteiger charge is 2.32. The van der Waals surface area contributed by atoms with Gasteiger partial charge in [0.25, 0.3) is 11.5 Å². The summed E-state index contributed by atoms with van der Waals surface area (Å²) in [6, 6.07) is 5.08. The molecule has 6 nitrogen and oxygen atoms in total. The lowest BCUT2D eigenvalue weighted by Gasteiger charge is -2.29. The molecule has 0 atom stereocenters. The van der Waals surface area contributed by atoms with Crippen molar-refractivity contribution in [2.45, 2.75) is 46.6 Å². The van der Waals surface area contributed by atoms with Crippen LogP contribution >= 0.6 is 0 Å². The number of benzene rings is 1. The molecule has 0 saturated carbocycles. The normalized spacial score (nSPS) is 15.3. The first-order valence-electron chi connectivity index (χ1n) is 9.13. The molecule has 148 valence electrons. The zero-order chi connectivity index (χ0) is 20.6. The van der Waals surface area contributed by atoms with Gasteiger partial charge in [-0.25, -0.2) is 4.39 Å². The second-order valence-electron chi connectivity index (χ2n) is 8.11. The molecule has 0 aliphatic heterocycles. The van der Waals surface area contributed by atoms with Crippen LogP contribution in [0.2, 0.25) is 0 Å². The number of H-pyrrole nitrogens is 1. The van der Waals surface area contributed by atoms with E-state index in [0.29, 0.717) is 24.1 Å². The number of halogens is 1. The SMILES string of the molecule is CC(C)Oc1ccc(F)cc1NC(=O)c1cc2c([nH]c1=O)CC(C)(C)CC2=O. The third kappa shape index (κ3) is 4.13. The summed E-state index contributed by atoms with van der Waals surface area (Å²) in [6.45, 7) is 7.51. The molecule has 1 aromatic heterocycles. The van der Waals surface area contributed by atoms with E-state index in [9.17, 15) is 18.8 Å². The Kier molecular flexibility index (Phi) is 5.10. The molecule has 0 bridgehead atoms. The number of hydrogen-bond donors (Lipinski definition) is 2. The van der Waals surface area contributed by atoms with E-state index in [4.69, 9.17) is 4.74 Å². The predicted octanol–water partition coefficient (Wildman–Crippen LogP) is 3.71. The number of carbonyl (C=O) groups excluding carboxylic acids is 2. The van der Waals surface area contributed by atoms with Crippen LogP contribution in [0.3, 0.4) is 0 Å². The maximum absolute atomic E-state index is 13.6. The summed E-state index contributed by atoms with van der Waals surface area (Å²) in [7, 11) is 0. The third-order valence-electron chi connectivity index (χ3n) is 4.51. The van der Waals surface area contributed by atoms with Gasteiger partial charge >= 0.3 is 0 Å². The first-order valence-corrected chi connectivity index (χ1v) is 9.13. The molecule has 0 saturated heterocycles. The number of pyridine rings is 1. The van der Waals surface area contributed by atoms with Crippen molar-refractivity contribution in [2.24, 2.45) is 5.41 Å². The minimum atomic E-state index is -0.735. The van der Waals surface area contributed by atoms with Gasteiger partial charge in [-0.15, -0.1) is 0 Å². The molecule has 7 heteroatoms. The zero-order valence-corrected chi connectivity index (χ0v) is 16.3. The first kappa shape index (κ1) is 19.8. The Morgan fingerprint density at radius 2 is 1.93 bits per heavy atom.